The average molecular weight is 361 g/mol. The Bertz CT molecular complexity index is 1010. The van der Waals surface area contributed by atoms with Crippen molar-refractivity contribution in [3.8, 4) is 11.3 Å². The second-order valence-electron chi connectivity index (χ2n) is 5.69. The fraction of sp³-hybridized carbons (Fsp3) is 0.0500. The SMILES string of the molecule is Cc1csc(N(C(=O)c2ccc(-c3cnco3)cc2)c2ccccc2)n1. The predicted octanol–water partition coefficient (Wildman–Crippen LogP) is 5.09. The first kappa shape index (κ1) is 16.2. The van der Waals surface area contributed by atoms with Gasteiger partial charge in [0.2, 0.25) is 0 Å². The molecule has 0 aliphatic carbocycles. The maximum Gasteiger partial charge on any atom is 0.264 e. The van der Waals surface area contributed by atoms with Crippen LogP contribution >= 0.6 is 11.3 Å². The van der Waals surface area contributed by atoms with Crippen molar-refractivity contribution in [2.75, 3.05) is 4.90 Å². The van der Waals surface area contributed by atoms with Gasteiger partial charge in [-0.15, -0.1) is 11.3 Å². The summed E-state index contributed by atoms with van der Waals surface area (Å²) >= 11 is 1.45. The molecule has 0 bridgehead atoms. The van der Waals surface area contributed by atoms with Gasteiger partial charge in [-0.2, -0.15) is 0 Å². The maximum absolute atomic E-state index is 13.2. The molecular formula is C20H15N3O2S. The normalized spacial score (nSPS) is 10.7. The summed E-state index contributed by atoms with van der Waals surface area (Å²) < 4.78 is 5.29. The topological polar surface area (TPSA) is 59.2 Å². The molecule has 2 aromatic heterocycles. The van der Waals surface area contributed by atoms with Crippen molar-refractivity contribution >= 4 is 28.1 Å². The zero-order valence-electron chi connectivity index (χ0n) is 14.0. The monoisotopic (exact) mass is 361 g/mol. The van der Waals surface area contributed by atoms with E-state index in [-0.39, 0.29) is 5.91 Å². The number of oxazole rings is 1. The Morgan fingerprint density at radius 3 is 2.46 bits per heavy atom. The van der Waals surface area contributed by atoms with Crippen molar-refractivity contribution in [3.63, 3.8) is 0 Å². The number of benzene rings is 2. The second kappa shape index (κ2) is 6.93. The van der Waals surface area contributed by atoms with Gasteiger partial charge in [0, 0.05) is 16.5 Å². The largest absolute Gasteiger partial charge is 0.444 e. The molecule has 0 fully saturated rings. The molecule has 0 saturated carbocycles. The Kier molecular flexibility index (Phi) is 4.33. The summed E-state index contributed by atoms with van der Waals surface area (Å²) in [5, 5.41) is 2.59. The lowest BCUT2D eigenvalue weighted by molar-refractivity contribution is 0.0999. The van der Waals surface area contributed by atoms with E-state index in [2.05, 4.69) is 9.97 Å². The molecule has 2 aromatic carbocycles. The zero-order valence-corrected chi connectivity index (χ0v) is 14.8. The number of nitrogens with zero attached hydrogens (tertiary/aromatic N) is 3. The lowest BCUT2D eigenvalue weighted by Gasteiger charge is -2.20. The zero-order chi connectivity index (χ0) is 17.9. The number of hydrogen-bond acceptors (Lipinski definition) is 5. The van der Waals surface area contributed by atoms with Crippen molar-refractivity contribution in [2.45, 2.75) is 6.92 Å². The van der Waals surface area contributed by atoms with Gasteiger partial charge in [0.1, 0.15) is 0 Å². The second-order valence-corrected chi connectivity index (χ2v) is 6.53. The van der Waals surface area contributed by atoms with Crippen LogP contribution in [0.4, 0.5) is 10.8 Å². The van der Waals surface area contributed by atoms with Crippen LogP contribution in [0.1, 0.15) is 16.1 Å². The van der Waals surface area contributed by atoms with Crippen LogP contribution in [0.5, 0.6) is 0 Å². The molecule has 0 aliphatic heterocycles. The van der Waals surface area contributed by atoms with Crippen LogP contribution in [0.3, 0.4) is 0 Å². The molecule has 0 saturated heterocycles. The molecule has 26 heavy (non-hydrogen) atoms. The van der Waals surface area contributed by atoms with Crippen LogP contribution in [0.2, 0.25) is 0 Å². The molecule has 128 valence electrons. The van der Waals surface area contributed by atoms with Gasteiger partial charge < -0.3 is 4.42 Å². The first-order valence-corrected chi connectivity index (χ1v) is 8.91. The van der Waals surface area contributed by atoms with E-state index < -0.39 is 0 Å². The molecule has 4 rings (SSSR count). The van der Waals surface area contributed by atoms with Crippen molar-refractivity contribution < 1.29 is 9.21 Å². The Hall–Kier alpha value is -3.25. The van der Waals surface area contributed by atoms with E-state index in [0.29, 0.717) is 16.5 Å². The van der Waals surface area contributed by atoms with Crippen LogP contribution in [0.25, 0.3) is 11.3 Å². The highest BCUT2D eigenvalue weighted by Crippen LogP contribution is 2.30. The van der Waals surface area contributed by atoms with Gasteiger partial charge in [0.15, 0.2) is 17.3 Å². The number of amides is 1. The van der Waals surface area contributed by atoms with Crippen molar-refractivity contribution in [3.05, 3.63) is 83.8 Å². The number of anilines is 2. The highest BCUT2D eigenvalue weighted by atomic mass is 32.1. The number of aryl methyl sites for hydroxylation is 1. The third-order valence-corrected chi connectivity index (χ3v) is 4.81. The predicted molar refractivity (Wildman–Crippen MR) is 102 cm³/mol. The molecule has 0 radical (unpaired) electrons. The quantitative estimate of drug-likeness (QED) is 0.508. The summed E-state index contributed by atoms with van der Waals surface area (Å²) in [7, 11) is 0. The minimum atomic E-state index is -0.130. The lowest BCUT2D eigenvalue weighted by Crippen LogP contribution is -2.25. The van der Waals surface area contributed by atoms with Gasteiger partial charge in [-0.25, -0.2) is 9.97 Å². The van der Waals surface area contributed by atoms with E-state index in [9.17, 15) is 4.79 Å². The smallest absolute Gasteiger partial charge is 0.264 e. The fourth-order valence-corrected chi connectivity index (χ4v) is 3.42. The Balaban J connectivity index is 1.70. The number of aromatic nitrogens is 2. The minimum Gasteiger partial charge on any atom is -0.444 e. The van der Waals surface area contributed by atoms with Crippen LogP contribution in [-0.2, 0) is 0 Å². The summed E-state index contributed by atoms with van der Waals surface area (Å²) in [6.07, 6.45) is 3.03. The van der Waals surface area contributed by atoms with Crippen molar-refractivity contribution in [1.29, 1.82) is 0 Å². The number of carbonyl (C=O) groups excluding carboxylic acids is 1. The minimum absolute atomic E-state index is 0.130. The highest BCUT2D eigenvalue weighted by Gasteiger charge is 2.22. The summed E-state index contributed by atoms with van der Waals surface area (Å²) in [6, 6.07) is 16.8. The molecule has 6 heteroatoms. The van der Waals surface area contributed by atoms with Crippen LogP contribution in [0, 0.1) is 6.92 Å². The first-order chi connectivity index (χ1) is 12.7. The number of rotatable bonds is 4. The van der Waals surface area contributed by atoms with Crippen LogP contribution in [0.15, 0.2) is 77.0 Å². The molecule has 0 atom stereocenters. The summed E-state index contributed by atoms with van der Waals surface area (Å²) in [6.45, 7) is 1.92. The third-order valence-electron chi connectivity index (χ3n) is 3.86. The standard InChI is InChI=1S/C20H15N3O2S/c1-14-12-26-20(22-14)23(17-5-3-2-4-6-17)19(24)16-9-7-15(8-10-16)18-11-21-13-25-18/h2-13H,1H3. The fourth-order valence-electron chi connectivity index (χ4n) is 2.60. The van der Waals surface area contributed by atoms with E-state index in [1.165, 1.54) is 17.7 Å². The van der Waals surface area contributed by atoms with Crippen molar-refractivity contribution in [1.82, 2.24) is 9.97 Å². The molecule has 0 spiro atoms. The van der Waals surface area contributed by atoms with E-state index in [0.717, 1.165) is 16.9 Å². The molecule has 0 unspecified atom stereocenters. The summed E-state index contributed by atoms with van der Waals surface area (Å²) in [4.78, 5) is 23.3. The van der Waals surface area contributed by atoms with Gasteiger partial charge in [-0.1, -0.05) is 30.3 Å². The van der Waals surface area contributed by atoms with E-state index in [4.69, 9.17) is 4.42 Å². The number of para-hydroxylation sites is 1. The summed E-state index contributed by atoms with van der Waals surface area (Å²) in [5.74, 6) is 0.536. The van der Waals surface area contributed by atoms with Gasteiger partial charge in [0.05, 0.1) is 17.6 Å². The Labute approximate surface area is 154 Å². The van der Waals surface area contributed by atoms with Gasteiger partial charge >= 0.3 is 0 Å². The summed E-state index contributed by atoms with van der Waals surface area (Å²) in [5.41, 5.74) is 3.12. The van der Waals surface area contributed by atoms with Gasteiger partial charge in [-0.3, -0.25) is 9.69 Å². The van der Waals surface area contributed by atoms with E-state index >= 15 is 0 Å². The van der Waals surface area contributed by atoms with Crippen molar-refractivity contribution in [2.24, 2.45) is 0 Å². The maximum atomic E-state index is 13.2. The Morgan fingerprint density at radius 1 is 1.08 bits per heavy atom. The third kappa shape index (κ3) is 3.14. The molecule has 0 aliphatic rings. The Morgan fingerprint density at radius 2 is 1.85 bits per heavy atom. The molecule has 4 aromatic rings. The van der Waals surface area contributed by atoms with Gasteiger partial charge in [-0.05, 0) is 31.2 Å². The molecule has 5 nitrogen and oxygen atoms in total. The molecule has 2 heterocycles. The van der Waals surface area contributed by atoms with Crippen LogP contribution < -0.4 is 4.90 Å². The first-order valence-electron chi connectivity index (χ1n) is 8.03. The molecule has 1 amide bonds. The lowest BCUT2D eigenvalue weighted by atomic mass is 10.1. The van der Waals surface area contributed by atoms with Gasteiger partial charge in [0.25, 0.3) is 5.91 Å². The van der Waals surface area contributed by atoms with E-state index in [1.54, 1.807) is 23.2 Å². The molecule has 0 N–H and O–H groups in total. The number of carbonyl (C=O) groups is 1. The van der Waals surface area contributed by atoms with Crippen LogP contribution in [-0.4, -0.2) is 15.9 Å². The van der Waals surface area contributed by atoms with E-state index in [1.807, 2.05) is 54.8 Å². The molecular weight excluding hydrogens is 346 g/mol. The highest BCUT2D eigenvalue weighted by molar-refractivity contribution is 7.14. The number of hydrogen-bond donors (Lipinski definition) is 0. The number of thiazole rings is 1. The average Bonchev–Trinajstić information content (AvgIpc) is 3.35.